The minimum atomic E-state index is -3.52. The number of alkyl halides is 4. The molecule has 7 heteroatoms. The van der Waals surface area contributed by atoms with Crippen LogP contribution in [0.4, 0.5) is 22.0 Å². The van der Waals surface area contributed by atoms with E-state index in [1.165, 1.54) is 0 Å². The number of benzene rings is 1. The van der Waals surface area contributed by atoms with E-state index in [9.17, 15) is 27.1 Å². The molecular formula is C11H9F5O2. The lowest BCUT2D eigenvalue weighted by Gasteiger charge is -2.13. The molecule has 0 heterocycles. The van der Waals surface area contributed by atoms with Crippen LogP contribution in [0, 0.1) is 5.82 Å². The highest BCUT2D eigenvalue weighted by Gasteiger charge is 2.49. The highest BCUT2D eigenvalue weighted by atomic mass is 19.3. The number of halogens is 5. The molecule has 0 radical (unpaired) electrons. The largest absolute Gasteiger partial charge is 0.487 e. The third-order valence-electron chi connectivity index (χ3n) is 2.71. The van der Waals surface area contributed by atoms with E-state index in [0.717, 1.165) is 12.1 Å². The summed E-state index contributed by atoms with van der Waals surface area (Å²) in [5.41, 5.74) is -0.833. The van der Waals surface area contributed by atoms with Crippen molar-refractivity contribution in [2.75, 3.05) is 6.61 Å². The Labute approximate surface area is 99.0 Å². The van der Waals surface area contributed by atoms with Crippen molar-refractivity contribution in [3.05, 3.63) is 29.1 Å². The molecule has 1 aromatic rings. The van der Waals surface area contributed by atoms with Crippen LogP contribution in [0.1, 0.15) is 17.2 Å². The molecule has 0 aromatic heterocycles. The fourth-order valence-corrected chi connectivity index (χ4v) is 1.93. The maximum atomic E-state index is 13.4. The Morgan fingerprint density at radius 2 is 2.06 bits per heavy atom. The number of ether oxygens (including phenoxy) is 1. The zero-order valence-corrected chi connectivity index (χ0v) is 8.97. The fourth-order valence-electron chi connectivity index (χ4n) is 1.93. The SMILES string of the molecule is OC1c2c(F)ccc(OCC(F)F)c2CC1(F)F. The summed E-state index contributed by atoms with van der Waals surface area (Å²) in [7, 11) is 0. The summed E-state index contributed by atoms with van der Waals surface area (Å²) in [5.74, 6) is -4.77. The van der Waals surface area contributed by atoms with Crippen LogP contribution >= 0.6 is 0 Å². The molecule has 0 amide bonds. The van der Waals surface area contributed by atoms with Crippen LogP contribution in [0.2, 0.25) is 0 Å². The van der Waals surface area contributed by atoms with Crippen molar-refractivity contribution in [3.8, 4) is 5.75 Å². The molecular weight excluding hydrogens is 259 g/mol. The van der Waals surface area contributed by atoms with Crippen LogP contribution in [0.25, 0.3) is 0 Å². The Hall–Kier alpha value is -1.37. The molecule has 18 heavy (non-hydrogen) atoms. The van der Waals surface area contributed by atoms with Gasteiger partial charge in [0.2, 0.25) is 0 Å². The van der Waals surface area contributed by atoms with Gasteiger partial charge in [-0.15, -0.1) is 0 Å². The Kier molecular flexibility index (Phi) is 3.18. The van der Waals surface area contributed by atoms with Crippen molar-refractivity contribution in [1.82, 2.24) is 0 Å². The average Bonchev–Trinajstić information content (AvgIpc) is 2.50. The molecule has 1 aliphatic rings. The molecule has 2 nitrogen and oxygen atoms in total. The summed E-state index contributed by atoms with van der Waals surface area (Å²) < 4.78 is 68.5. The quantitative estimate of drug-likeness (QED) is 0.854. The number of hydrogen-bond acceptors (Lipinski definition) is 2. The third-order valence-corrected chi connectivity index (χ3v) is 2.71. The second kappa shape index (κ2) is 4.38. The Bertz CT molecular complexity index is 461. The number of fused-ring (bicyclic) bond motifs is 1. The van der Waals surface area contributed by atoms with Crippen LogP contribution in [0.5, 0.6) is 5.75 Å². The lowest BCUT2D eigenvalue weighted by atomic mass is 10.1. The second-order valence-electron chi connectivity index (χ2n) is 3.98. The second-order valence-corrected chi connectivity index (χ2v) is 3.98. The molecule has 0 fully saturated rings. The number of aliphatic hydroxyl groups is 1. The summed E-state index contributed by atoms with van der Waals surface area (Å²) in [4.78, 5) is 0. The molecule has 1 atom stereocenters. The number of hydrogen-bond donors (Lipinski definition) is 1. The monoisotopic (exact) mass is 268 g/mol. The average molecular weight is 268 g/mol. The van der Waals surface area contributed by atoms with Gasteiger partial charge in [0.05, 0.1) is 0 Å². The molecule has 0 spiro atoms. The van der Waals surface area contributed by atoms with Crippen LogP contribution in [-0.4, -0.2) is 24.1 Å². The molecule has 0 saturated carbocycles. The first kappa shape index (κ1) is 13.1. The van der Waals surface area contributed by atoms with Gasteiger partial charge >= 0.3 is 0 Å². The van der Waals surface area contributed by atoms with E-state index < -0.39 is 42.9 Å². The number of rotatable bonds is 3. The maximum absolute atomic E-state index is 13.4. The van der Waals surface area contributed by atoms with Crippen molar-refractivity contribution in [2.45, 2.75) is 24.9 Å². The van der Waals surface area contributed by atoms with Gasteiger partial charge in [-0.1, -0.05) is 0 Å². The van der Waals surface area contributed by atoms with E-state index in [2.05, 4.69) is 4.74 Å². The van der Waals surface area contributed by atoms with Crippen molar-refractivity contribution >= 4 is 0 Å². The lowest BCUT2D eigenvalue weighted by Crippen LogP contribution is -2.21. The Morgan fingerprint density at radius 1 is 1.39 bits per heavy atom. The van der Waals surface area contributed by atoms with Crippen molar-refractivity contribution < 1.29 is 31.8 Å². The van der Waals surface area contributed by atoms with Crippen LogP contribution in [0.15, 0.2) is 12.1 Å². The van der Waals surface area contributed by atoms with E-state index >= 15 is 0 Å². The third kappa shape index (κ3) is 2.14. The Balaban J connectivity index is 2.37. The van der Waals surface area contributed by atoms with Gasteiger partial charge in [0.15, 0.2) is 0 Å². The van der Waals surface area contributed by atoms with E-state index in [4.69, 9.17) is 0 Å². The van der Waals surface area contributed by atoms with Gasteiger partial charge < -0.3 is 9.84 Å². The fraction of sp³-hybridized carbons (Fsp3) is 0.455. The highest BCUT2D eigenvalue weighted by molar-refractivity contribution is 5.47. The minimum Gasteiger partial charge on any atom is -0.487 e. The predicted molar refractivity (Wildman–Crippen MR) is 51.5 cm³/mol. The zero-order chi connectivity index (χ0) is 13.5. The predicted octanol–water partition coefficient (Wildman–Crippen LogP) is 2.69. The summed E-state index contributed by atoms with van der Waals surface area (Å²) in [6, 6.07) is 1.81. The summed E-state index contributed by atoms with van der Waals surface area (Å²) >= 11 is 0. The highest BCUT2D eigenvalue weighted by Crippen LogP contribution is 2.47. The van der Waals surface area contributed by atoms with Crippen LogP contribution < -0.4 is 4.74 Å². The van der Waals surface area contributed by atoms with Gasteiger partial charge in [-0.05, 0) is 12.1 Å². The van der Waals surface area contributed by atoms with Gasteiger partial charge in [0.25, 0.3) is 12.3 Å². The van der Waals surface area contributed by atoms with Crippen molar-refractivity contribution in [2.24, 2.45) is 0 Å². The van der Waals surface area contributed by atoms with E-state index in [-0.39, 0.29) is 11.3 Å². The van der Waals surface area contributed by atoms with Gasteiger partial charge in [-0.3, -0.25) is 0 Å². The standard InChI is InChI=1S/C11H9F5O2/c12-6-1-2-7(18-4-8(13)14)5-3-11(15,16)10(17)9(5)6/h1-2,8,10,17H,3-4H2. The normalized spacial score (nSPS) is 21.2. The molecule has 1 aliphatic carbocycles. The van der Waals surface area contributed by atoms with Crippen molar-refractivity contribution in [3.63, 3.8) is 0 Å². The van der Waals surface area contributed by atoms with Gasteiger partial charge in [0.1, 0.15) is 24.3 Å². The first-order chi connectivity index (χ1) is 8.33. The molecule has 1 aromatic carbocycles. The first-order valence-electron chi connectivity index (χ1n) is 5.11. The Morgan fingerprint density at radius 3 is 2.67 bits per heavy atom. The molecule has 0 bridgehead atoms. The summed E-state index contributed by atoms with van der Waals surface area (Å²) in [6.07, 6.45) is -5.97. The minimum absolute atomic E-state index is 0.247. The molecule has 0 aliphatic heterocycles. The first-order valence-corrected chi connectivity index (χ1v) is 5.11. The molecule has 1 unspecified atom stereocenters. The van der Waals surface area contributed by atoms with Gasteiger partial charge in [-0.25, -0.2) is 22.0 Å². The van der Waals surface area contributed by atoms with Crippen LogP contribution in [-0.2, 0) is 6.42 Å². The van der Waals surface area contributed by atoms with E-state index in [1.54, 1.807) is 0 Å². The topological polar surface area (TPSA) is 29.5 Å². The van der Waals surface area contributed by atoms with E-state index in [0.29, 0.717) is 0 Å². The lowest BCUT2D eigenvalue weighted by molar-refractivity contribution is -0.0978. The molecule has 0 saturated heterocycles. The molecule has 1 N–H and O–H groups in total. The van der Waals surface area contributed by atoms with E-state index in [1.807, 2.05) is 0 Å². The summed E-state index contributed by atoms with van der Waals surface area (Å²) in [5, 5.41) is 9.30. The molecule has 100 valence electrons. The van der Waals surface area contributed by atoms with Crippen LogP contribution in [0.3, 0.4) is 0 Å². The van der Waals surface area contributed by atoms with Gasteiger partial charge in [-0.2, -0.15) is 0 Å². The summed E-state index contributed by atoms with van der Waals surface area (Å²) in [6.45, 7) is -0.972. The number of aliphatic hydroxyl groups excluding tert-OH is 1. The maximum Gasteiger partial charge on any atom is 0.281 e. The molecule has 2 rings (SSSR count). The van der Waals surface area contributed by atoms with Gasteiger partial charge in [0, 0.05) is 17.5 Å². The van der Waals surface area contributed by atoms with Crippen molar-refractivity contribution in [1.29, 1.82) is 0 Å². The zero-order valence-electron chi connectivity index (χ0n) is 8.97. The smallest absolute Gasteiger partial charge is 0.281 e.